The molecule has 0 aliphatic rings. The zero-order valence-electron chi connectivity index (χ0n) is 12.3. The van der Waals surface area contributed by atoms with Gasteiger partial charge in [-0.1, -0.05) is 35.5 Å². The molecule has 0 saturated carbocycles. The van der Waals surface area contributed by atoms with Gasteiger partial charge in [0.05, 0.1) is 23.6 Å². The van der Waals surface area contributed by atoms with E-state index in [-0.39, 0.29) is 17.7 Å². The maximum atomic E-state index is 12.0. The molecule has 3 aromatic rings. The van der Waals surface area contributed by atoms with Gasteiger partial charge >= 0.3 is 0 Å². The van der Waals surface area contributed by atoms with Gasteiger partial charge in [-0.2, -0.15) is 0 Å². The molecule has 0 radical (unpaired) electrons. The van der Waals surface area contributed by atoms with Crippen LogP contribution < -0.4 is 5.32 Å². The van der Waals surface area contributed by atoms with Crippen LogP contribution in [0, 0.1) is 6.92 Å². The van der Waals surface area contributed by atoms with Crippen molar-refractivity contribution in [1.29, 1.82) is 0 Å². The summed E-state index contributed by atoms with van der Waals surface area (Å²) in [6.07, 6.45) is 1.76. The Balaban J connectivity index is 1.72. The lowest BCUT2D eigenvalue weighted by Gasteiger charge is -2.09. The Morgan fingerprint density at radius 1 is 1.32 bits per heavy atom. The first kappa shape index (κ1) is 14.1. The van der Waals surface area contributed by atoms with E-state index in [4.69, 9.17) is 4.52 Å². The normalized spacial score (nSPS) is 12.1. The van der Waals surface area contributed by atoms with Crippen LogP contribution in [0.1, 0.15) is 35.0 Å². The minimum atomic E-state index is -0.314. The van der Waals surface area contributed by atoms with Gasteiger partial charge in [-0.3, -0.25) is 4.79 Å². The predicted octanol–water partition coefficient (Wildman–Crippen LogP) is 2.86. The van der Waals surface area contributed by atoms with Crippen LogP contribution in [0.5, 0.6) is 0 Å². The highest BCUT2D eigenvalue weighted by Crippen LogP contribution is 2.19. The Kier molecular flexibility index (Phi) is 3.74. The van der Waals surface area contributed by atoms with Crippen molar-refractivity contribution in [3.05, 3.63) is 59.9 Å². The van der Waals surface area contributed by atoms with Crippen LogP contribution in [0.25, 0.3) is 11.3 Å². The SMILES string of the molecule is Cc1cc(C(=O)N[C@H](C)c2ncc(-c3ccccc3)[nH]2)on1. The number of H-pyrrole nitrogens is 1. The molecule has 0 aliphatic heterocycles. The molecule has 0 aliphatic carbocycles. The maximum Gasteiger partial charge on any atom is 0.290 e. The smallest absolute Gasteiger partial charge is 0.290 e. The number of amides is 1. The molecule has 0 saturated heterocycles. The average Bonchev–Trinajstić information content (AvgIpc) is 3.17. The Bertz CT molecular complexity index is 776. The summed E-state index contributed by atoms with van der Waals surface area (Å²) in [6.45, 7) is 3.62. The van der Waals surface area contributed by atoms with Gasteiger partial charge in [-0.15, -0.1) is 0 Å². The summed E-state index contributed by atoms with van der Waals surface area (Å²) in [5.41, 5.74) is 2.63. The molecule has 0 bridgehead atoms. The number of rotatable bonds is 4. The summed E-state index contributed by atoms with van der Waals surface area (Å²) in [6, 6.07) is 11.2. The molecule has 0 spiro atoms. The van der Waals surface area contributed by atoms with E-state index in [9.17, 15) is 4.79 Å². The second kappa shape index (κ2) is 5.85. The number of imidazole rings is 1. The summed E-state index contributed by atoms with van der Waals surface area (Å²) >= 11 is 0. The maximum absolute atomic E-state index is 12.0. The van der Waals surface area contributed by atoms with E-state index >= 15 is 0 Å². The number of carbonyl (C=O) groups is 1. The van der Waals surface area contributed by atoms with Gasteiger partial charge in [0.15, 0.2) is 0 Å². The molecule has 1 aromatic carbocycles. The zero-order valence-corrected chi connectivity index (χ0v) is 12.3. The molecule has 0 fully saturated rings. The number of nitrogens with one attached hydrogen (secondary N) is 2. The van der Waals surface area contributed by atoms with E-state index in [1.807, 2.05) is 37.3 Å². The monoisotopic (exact) mass is 296 g/mol. The fourth-order valence-electron chi connectivity index (χ4n) is 2.13. The topological polar surface area (TPSA) is 83.8 Å². The summed E-state index contributed by atoms with van der Waals surface area (Å²) in [7, 11) is 0. The largest absolute Gasteiger partial charge is 0.351 e. The van der Waals surface area contributed by atoms with Crippen molar-refractivity contribution in [2.24, 2.45) is 0 Å². The molecule has 0 unspecified atom stereocenters. The number of benzene rings is 1. The predicted molar refractivity (Wildman–Crippen MR) is 81.1 cm³/mol. The molecule has 2 N–H and O–H groups in total. The van der Waals surface area contributed by atoms with Crippen molar-refractivity contribution < 1.29 is 9.32 Å². The summed E-state index contributed by atoms with van der Waals surface area (Å²) < 4.78 is 4.94. The van der Waals surface area contributed by atoms with Gasteiger partial charge in [0.2, 0.25) is 5.76 Å². The molecule has 112 valence electrons. The molecule has 6 nitrogen and oxygen atoms in total. The number of aromatic nitrogens is 3. The molecule has 2 aromatic heterocycles. The summed E-state index contributed by atoms with van der Waals surface area (Å²) in [5.74, 6) is 0.563. The lowest BCUT2D eigenvalue weighted by atomic mass is 10.2. The minimum absolute atomic E-state index is 0.194. The summed E-state index contributed by atoms with van der Waals surface area (Å²) in [4.78, 5) is 19.6. The minimum Gasteiger partial charge on any atom is -0.351 e. The van der Waals surface area contributed by atoms with Crippen molar-refractivity contribution in [2.45, 2.75) is 19.9 Å². The van der Waals surface area contributed by atoms with Crippen LogP contribution in [-0.2, 0) is 0 Å². The third-order valence-corrected chi connectivity index (χ3v) is 3.29. The average molecular weight is 296 g/mol. The number of hydrogen-bond donors (Lipinski definition) is 2. The lowest BCUT2D eigenvalue weighted by molar-refractivity contribution is 0.0901. The van der Waals surface area contributed by atoms with E-state index < -0.39 is 0 Å². The Morgan fingerprint density at radius 3 is 2.77 bits per heavy atom. The van der Waals surface area contributed by atoms with Crippen molar-refractivity contribution in [2.75, 3.05) is 0 Å². The first-order valence-electron chi connectivity index (χ1n) is 6.98. The van der Waals surface area contributed by atoms with Crippen LogP contribution in [-0.4, -0.2) is 21.0 Å². The second-order valence-corrected chi connectivity index (χ2v) is 5.08. The molecule has 1 atom stereocenters. The zero-order chi connectivity index (χ0) is 15.5. The number of hydrogen-bond acceptors (Lipinski definition) is 4. The number of aromatic amines is 1. The lowest BCUT2D eigenvalue weighted by Crippen LogP contribution is -2.27. The highest BCUT2D eigenvalue weighted by atomic mass is 16.5. The molecule has 1 amide bonds. The van der Waals surface area contributed by atoms with Crippen LogP contribution in [0.2, 0.25) is 0 Å². The Labute approximate surface area is 127 Å². The van der Waals surface area contributed by atoms with E-state index in [2.05, 4.69) is 20.4 Å². The van der Waals surface area contributed by atoms with Crippen molar-refractivity contribution in [3.8, 4) is 11.3 Å². The van der Waals surface area contributed by atoms with Gasteiger partial charge in [-0.05, 0) is 19.4 Å². The molecular weight excluding hydrogens is 280 g/mol. The van der Waals surface area contributed by atoms with E-state index in [1.54, 1.807) is 19.2 Å². The molecule has 2 heterocycles. The second-order valence-electron chi connectivity index (χ2n) is 5.08. The van der Waals surface area contributed by atoms with Gasteiger partial charge in [0.25, 0.3) is 5.91 Å². The highest BCUT2D eigenvalue weighted by Gasteiger charge is 2.17. The first-order chi connectivity index (χ1) is 10.6. The van der Waals surface area contributed by atoms with Gasteiger partial charge in [0.1, 0.15) is 5.82 Å². The fraction of sp³-hybridized carbons (Fsp3) is 0.188. The van der Waals surface area contributed by atoms with Gasteiger partial charge < -0.3 is 14.8 Å². The third kappa shape index (κ3) is 2.90. The molecule has 22 heavy (non-hydrogen) atoms. The van der Waals surface area contributed by atoms with E-state index in [0.717, 1.165) is 11.3 Å². The van der Waals surface area contributed by atoms with Crippen molar-refractivity contribution >= 4 is 5.91 Å². The van der Waals surface area contributed by atoms with Gasteiger partial charge in [-0.25, -0.2) is 4.98 Å². The van der Waals surface area contributed by atoms with Crippen LogP contribution in [0.15, 0.2) is 47.1 Å². The van der Waals surface area contributed by atoms with Gasteiger partial charge in [0, 0.05) is 6.07 Å². The van der Waals surface area contributed by atoms with Crippen molar-refractivity contribution in [1.82, 2.24) is 20.4 Å². The Hall–Kier alpha value is -2.89. The third-order valence-electron chi connectivity index (χ3n) is 3.29. The molecule has 3 rings (SSSR count). The van der Waals surface area contributed by atoms with Crippen LogP contribution in [0.4, 0.5) is 0 Å². The number of nitrogens with zero attached hydrogens (tertiary/aromatic N) is 2. The van der Waals surface area contributed by atoms with E-state index in [0.29, 0.717) is 11.5 Å². The molecular formula is C16H16N4O2. The number of aryl methyl sites for hydroxylation is 1. The van der Waals surface area contributed by atoms with Crippen LogP contribution >= 0.6 is 0 Å². The highest BCUT2D eigenvalue weighted by molar-refractivity contribution is 5.91. The van der Waals surface area contributed by atoms with Crippen molar-refractivity contribution in [3.63, 3.8) is 0 Å². The molecule has 6 heteroatoms. The Morgan fingerprint density at radius 2 is 2.09 bits per heavy atom. The fourth-order valence-corrected chi connectivity index (χ4v) is 2.13. The standard InChI is InChI=1S/C16H16N4O2/c1-10-8-14(22-20-10)16(21)18-11(2)15-17-9-13(19-15)12-6-4-3-5-7-12/h3-9,11H,1-2H3,(H,17,19)(H,18,21)/t11-/m1/s1. The number of carbonyl (C=O) groups excluding carboxylic acids is 1. The first-order valence-corrected chi connectivity index (χ1v) is 6.98. The van der Waals surface area contributed by atoms with E-state index in [1.165, 1.54) is 0 Å². The quantitative estimate of drug-likeness (QED) is 0.775. The van der Waals surface area contributed by atoms with Crippen LogP contribution in [0.3, 0.4) is 0 Å². The summed E-state index contributed by atoms with van der Waals surface area (Å²) in [5, 5.41) is 6.53.